The number of nitrogens with zero attached hydrogens (tertiary/aromatic N) is 1. The van der Waals surface area contributed by atoms with Gasteiger partial charge in [0, 0.05) is 12.3 Å². The van der Waals surface area contributed by atoms with E-state index in [0.717, 1.165) is 24.1 Å². The maximum absolute atomic E-state index is 12.8. The highest BCUT2D eigenvalue weighted by atomic mass is 32.2. The minimum Gasteiger partial charge on any atom is -0.234 e. The number of hydrogen-bond acceptors (Lipinski definition) is 1. The largest absolute Gasteiger partial charge is 0.234 e. The summed E-state index contributed by atoms with van der Waals surface area (Å²) in [5, 5.41) is 0. The van der Waals surface area contributed by atoms with Gasteiger partial charge in [-0.05, 0) is 57.7 Å². The fraction of sp³-hybridized carbons (Fsp3) is 0.375. The summed E-state index contributed by atoms with van der Waals surface area (Å²) in [4.78, 5) is 0. The zero-order valence-electron chi connectivity index (χ0n) is 17.0. The zero-order valence-corrected chi connectivity index (χ0v) is 17.8. The SMILES string of the molecule is CC1=C(C)C(C/C(=N\[S@](=O)C(C)(C)C)c2ccccc2)c2ccccc2C1. The number of rotatable bonds is 4. The molecule has 27 heavy (non-hydrogen) atoms. The van der Waals surface area contributed by atoms with Crippen molar-refractivity contribution in [2.45, 2.75) is 58.1 Å². The molecule has 0 bridgehead atoms. The number of hydrogen-bond donors (Lipinski definition) is 0. The molecule has 2 nitrogen and oxygen atoms in total. The summed E-state index contributed by atoms with van der Waals surface area (Å²) in [5.41, 5.74) is 7.61. The normalized spacial score (nSPS) is 19.0. The molecule has 3 rings (SSSR count). The number of fused-ring (bicyclic) bond motifs is 1. The Morgan fingerprint density at radius 2 is 1.67 bits per heavy atom. The Morgan fingerprint density at radius 3 is 2.33 bits per heavy atom. The Balaban J connectivity index is 2.05. The highest BCUT2D eigenvalue weighted by Crippen LogP contribution is 2.38. The van der Waals surface area contributed by atoms with Crippen molar-refractivity contribution in [3.05, 3.63) is 82.4 Å². The lowest BCUT2D eigenvalue weighted by molar-refractivity contribution is 0.650. The summed E-state index contributed by atoms with van der Waals surface area (Å²) < 4.78 is 17.1. The van der Waals surface area contributed by atoms with Crippen LogP contribution in [0.4, 0.5) is 0 Å². The van der Waals surface area contributed by atoms with Crippen molar-refractivity contribution in [1.29, 1.82) is 0 Å². The monoisotopic (exact) mass is 379 g/mol. The van der Waals surface area contributed by atoms with E-state index < -0.39 is 11.0 Å². The van der Waals surface area contributed by atoms with Crippen LogP contribution in [0.2, 0.25) is 0 Å². The number of allylic oxidation sites excluding steroid dienone is 2. The minimum absolute atomic E-state index is 0.283. The molecule has 0 amide bonds. The van der Waals surface area contributed by atoms with Gasteiger partial charge in [-0.3, -0.25) is 0 Å². The van der Waals surface area contributed by atoms with Gasteiger partial charge in [-0.1, -0.05) is 65.7 Å². The fourth-order valence-corrected chi connectivity index (χ4v) is 4.18. The van der Waals surface area contributed by atoms with E-state index >= 15 is 0 Å². The number of benzene rings is 2. The molecule has 0 saturated heterocycles. The molecule has 0 heterocycles. The van der Waals surface area contributed by atoms with Crippen molar-refractivity contribution >= 4 is 16.7 Å². The molecular formula is C24H29NOS. The topological polar surface area (TPSA) is 29.4 Å². The maximum Gasteiger partial charge on any atom is 0.145 e. The van der Waals surface area contributed by atoms with Gasteiger partial charge in [0.25, 0.3) is 0 Å². The van der Waals surface area contributed by atoms with Gasteiger partial charge in [0.1, 0.15) is 11.0 Å². The first kappa shape index (κ1) is 19.8. The summed E-state index contributed by atoms with van der Waals surface area (Å²) in [6.45, 7) is 10.4. The molecule has 0 spiro atoms. The fourth-order valence-electron chi connectivity index (χ4n) is 3.52. The van der Waals surface area contributed by atoms with Crippen LogP contribution in [0.5, 0.6) is 0 Å². The van der Waals surface area contributed by atoms with Gasteiger partial charge in [0.2, 0.25) is 0 Å². The van der Waals surface area contributed by atoms with Crippen LogP contribution < -0.4 is 0 Å². The van der Waals surface area contributed by atoms with Crippen molar-refractivity contribution < 1.29 is 4.21 Å². The van der Waals surface area contributed by atoms with Crippen LogP contribution in [0.25, 0.3) is 0 Å². The third-order valence-corrected chi connectivity index (χ3v) is 6.74. The second-order valence-corrected chi connectivity index (χ2v) is 10.3. The third kappa shape index (κ3) is 4.47. The lowest BCUT2D eigenvalue weighted by atomic mass is 9.76. The maximum atomic E-state index is 12.8. The highest BCUT2D eigenvalue weighted by molar-refractivity contribution is 7.85. The van der Waals surface area contributed by atoms with Gasteiger partial charge >= 0.3 is 0 Å². The minimum atomic E-state index is -1.28. The molecule has 2 aromatic rings. The Kier molecular flexibility index (Phi) is 5.81. The highest BCUT2D eigenvalue weighted by Gasteiger charge is 2.27. The second-order valence-electron chi connectivity index (χ2n) is 8.36. The van der Waals surface area contributed by atoms with Gasteiger partial charge in [0.15, 0.2) is 0 Å². The molecule has 0 radical (unpaired) electrons. The van der Waals surface area contributed by atoms with E-state index in [1.165, 1.54) is 22.3 Å². The standard InChI is InChI=1S/C24H29NOS/c1-17-15-20-13-9-10-14-21(20)22(18(17)2)16-23(19-11-7-6-8-12-19)25-27(26)24(3,4)5/h6-14,22H,15-16H2,1-5H3/b25-23+/t22?,27-/m1/s1. The van der Waals surface area contributed by atoms with E-state index in [1.807, 2.05) is 39.0 Å². The molecule has 2 aromatic carbocycles. The van der Waals surface area contributed by atoms with E-state index in [0.29, 0.717) is 0 Å². The van der Waals surface area contributed by atoms with Crippen LogP contribution in [-0.4, -0.2) is 14.7 Å². The van der Waals surface area contributed by atoms with Crippen molar-refractivity contribution in [2.24, 2.45) is 4.40 Å². The van der Waals surface area contributed by atoms with E-state index in [9.17, 15) is 4.21 Å². The van der Waals surface area contributed by atoms with E-state index in [1.54, 1.807) is 0 Å². The zero-order chi connectivity index (χ0) is 19.6. The Morgan fingerprint density at radius 1 is 1.04 bits per heavy atom. The predicted octanol–water partition coefficient (Wildman–Crippen LogP) is 6.00. The van der Waals surface area contributed by atoms with Gasteiger partial charge in [-0.25, -0.2) is 4.21 Å². The molecule has 1 aliphatic rings. The van der Waals surface area contributed by atoms with Crippen molar-refractivity contribution in [3.63, 3.8) is 0 Å². The molecule has 0 saturated carbocycles. The second kappa shape index (κ2) is 7.93. The predicted molar refractivity (Wildman–Crippen MR) is 117 cm³/mol. The molecule has 2 atom stereocenters. The summed E-state index contributed by atoms with van der Waals surface area (Å²) in [6, 6.07) is 18.9. The molecule has 142 valence electrons. The molecule has 0 fully saturated rings. The van der Waals surface area contributed by atoms with Crippen LogP contribution >= 0.6 is 0 Å². The molecule has 0 aromatic heterocycles. The average molecular weight is 380 g/mol. The van der Waals surface area contributed by atoms with Gasteiger partial charge in [-0.15, -0.1) is 0 Å². The molecule has 3 heteroatoms. The third-order valence-electron chi connectivity index (χ3n) is 5.30. The van der Waals surface area contributed by atoms with Crippen molar-refractivity contribution in [1.82, 2.24) is 0 Å². The summed E-state index contributed by atoms with van der Waals surface area (Å²) in [7, 11) is -1.28. The Bertz CT molecular complexity index is 903. The van der Waals surface area contributed by atoms with Crippen LogP contribution in [0.1, 0.15) is 63.6 Å². The average Bonchev–Trinajstić information content (AvgIpc) is 2.64. The lowest BCUT2D eigenvalue weighted by Gasteiger charge is -2.29. The summed E-state index contributed by atoms with van der Waals surface area (Å²) in [5.74, 6) is 0.283. The summed E-state index contributed by atoms with van der Waals surface area (Å²) >= 11 is 0. The van der Waals surface area contributed by atoms with Gasteiger partial charge in [0.05, 0.1) is 10.5 Å². The van der Waals surface area contributed by atoms with E-state index in [-0.39, 0.29) is 10.7 Å². The van der Waals surface area contributed by atoms with Gasteiger partial charge in [-0.2, -0.15) is 4.40 Å². The first-order valence-corrected chi connectivity index (χ1v) is 10.7. The van der Waals surface area contributed by atoms with Crippen LogP contribution in [-0.2, 0) is 17.4 Å². The first-order chi connectivity index (χ1) is 12.8. The Labute approximate surface area is 166 Å². The molecule has 1 unspecified atom stereocenters. The summed E-state index contributed by atoms with van der Waals surface area (Å²) in [6.07, 6.45) is 1.79. The lowest BCUT2D eigenvalue weighted by Crippen LogP contribution is -2.22. The van der Waals surface area contributed by atoms with Crippen LogP contribution in [0, 0.1) is 0 Å². The molecule has 1 aliphatic carbocycles. The van der Waals surface area contributed by atoms with Crippen LogP contribution in [0.15, 0.2) is 70.1 Å². The molecule has 0 N–H and O–H groups in total. The van der Waals surface area contributed by atoms with E-state index in [4.69, 9.17) is 4.40 Å². The quantitative estimate of drug-likeness (QED) is 0.473. The smallest absolute Gasteiger partial charge is 0.145 e. The molecular weight excluding hydrogens is 350 g/mol. The van der Waals surface area contributed by atoms with Gasteiger partial charge < -0.3 is 0 Å². The van der Waals surface area contributed by atoms with Crippen molar-refractivity contribution in [2.75, 3.05) is 0 Å². The molecule has 0 aliphatic heterocycles. The van der Waals surface area contributed by atoms with Crippen molar-refractivity contribution in [3.8, 4) is 0 Å². The van der Waals surface area contributed by atoms with Crippen LogP contribution in [0.3, 0.4) is 0 Å². The van der Waals surface area contributed by atoms with E-state index in [2.05, 4.69) is 50.2 Å². The Hall–Kier alpha value is -2.00. The first-order valence-electron chi connectivity index (χ1n) is 9.56.